The van der Waals surface area contributed by atoms with Crippen LogP contribution in [-0.4, -0.2) is 185 Å². The predicted octanol–water partition coefficient (Wildman–Crippen LogP) is 3.96. The summed E-state index contributed by atoms with van der Waals surface area (Å²) in [6.07, 6.45) is 0. The maximum Gasteiger partial charge on any atom is 0.365 e. The molecule has 7 heterocycles. The number of nitrogens with zero attached hydrogens (tertiary/aromatic N) is 15. The lowest BCUT2D eigenvalue weighted by Crippen LogP contribution is -2.43. The third kappa shape index (κ3) is 18.0. The fourth-order valence-electron chi connectivity index (χ4n) is 12.3. The normalized spacial score (nSPS) is 12.7. The number of hydrogen-bond acceptors (Lipinski definition) is 38. The molecular formula is C72H58N15O26S9-3. The number of benzene rings is 9. The van der Waals surface area contributed by atoms with Gasteiger partial charge in [-0.05, 0) is 179 Å². The summed E-state index contributed by atoms with van der Waals surface area (Å²) in [5.41, 5.74) is 3.47. The summed E-state index contributed by atoms with van der Waals surface area (Å²) < 4.78 is 239. The highest BCUT2D eigenvalue weighted by molar-refractivity contribution is 7.87. The van der Waals surface area contributed by atoms with Crippen LogP contribution in [0.1, 0.15) is 45.9 Å². The number of aliphatic hydroxyl groups is 4. The fraction of sp³-hybridized carbons (Fsp3) is 0.167. The van der Waals surface area contributed by atoms with Crippen LogP contribution in [0.15, 0.2) is 181 Å². The van der Waals surface area contributed by atoms with Gasteiger partial charge in [0.15, 0.2) is 28.0 Å². The van der Waals surface area contributed by atoms with Gasteiger partial charge in [0.2, 0.25) is 0 Å². The molecule has 0 fully saturated rings. The number of hydrogen-bond donors (Lipinski definition) is 4. The SMILES string of the molecule is CCOc1ccc2nc(-[n+]3nc(-c4ccc(C)cc4S(=O)(=O)[O-])nn3-c3cc(S(=O)(=O)[O-])ccc3CO)sc2c1.COc1cc2sc(-[n+]3nc(-c4ccc(C)cc4S(=O)(=O)[O-])nn3-c3cc(S(=O)(=O)[O-])ccc3CO)nc2cc1CO.Cc1ccc(-c2nn(-c3cc(S(=O)(=O)[O-])ccc3CO)[n+](-c3nc4cc5c(cc4s3)OCCO5)n2)c(S(=O)(=O)[O-])c1. The van der Waals surface area contributed by atoms with E-state index in [2.05, 4.69) is 45.5 Å². The summed E-state index contributed by atoms with van der Waals surface area (Å²) in [5, 5.41) is 66.7. The van der Waals surface area contributed by atoms with Crippen molar-refractivity contribution in [1.29, 1.82) is 0 Å². The molecule has 634 valence electrons. The summed E-state index contributed by atoms with van der Waals surface area (Å²) in [6, 6.07) is 34.1. The number of methoxy groups -OCH3 is 1. The van der Waals surface area contributed by atoms with Crippen molar-refractivity contribution in [3.63, 3.8) is 0 Å². The third-order valence-corrected chi connectivity index (χ3v) is 26.0. The van der Waals surface area contributed by atoms with Gasteiger partial charge in [-0.25, -0.2) is 50.5 Å². The Labute approximate surface area is 702 Å². The van der Waals surface area contributed by atoms with Crippen molar-refractivity contribution in [2.24, 2.45) is 0 Å². The van der Waals surface area contributed by atoms with E-state index < -0.39 is 110 Å². The number of tetrazole rings is 3. The van der Waals surface area contributed by atoms with Crippen molar-refractivity contribution in [1.82, 2.24) is 59.9 Å². The molecule has 15 aromatic rings. The fourth-order valence-corrected chi connectivity index (χ4v) is 18.8. The van der Waals surface area contributed by atoms with Crippen LogP contribution in [0.25, 0.3) is 97.3 Å². The molecule has 0 amide bonds. The van der Waals surface area contributed by atoms with Gasteiger partial charge in [-0.2, -0.15) is 0 Å². The molecule has 1 aliphatic rings. The Morgan fingerprint density at radius 2 is 0.746 bits per heavy atom. The molecule has 1 aliphatic heterocycles. The lowest BCUT2D eigenvalue weighted by atomic mass is 10.1. The van der Waals surface area contributed by atoms with Gasteiger partial charge < -0.3 is 66.7 Å². The first-order valence-electron chi connectivity index (χ1n) is 35.0. The molecule has 0 radical (unpaired) electrons. The summed E-state index contributed by atoms with van der Waals surface area (Å²) in [4.78, 5) is 16.8. The monoisotopic (exact) mass is 1840 g/mol. The highest BCUT2D eigenvalue weighted by atomic mass is 32.2. The van der Waals surface area contributed by atoms with Crippen LogP contribution < -0.4 is 33.3 Å². The summed E-state index contributed by atoms with van der Waals surface area (Å²) in [6.45, 7) is 5.82. The molecule has 0 unspecified atom stereocenters. The number of aromatic nitrogens is 15. The molecule has 0 atom stereocenters. The van der Waals surface area contributed by atoms with E-state index in [-0.39, 0.29) is 89.9 Å². The van der Waals surface area contributed by atoms with Gasteiger partial charge in [0, 0.05) is 61.8 Å². The van der Waals surface area contributed by atoms with E-state index in [0.29, 0.717) is 95.7 Å². The van der Waals surface area contributed by atoms with Crippen LogP contribution >= 0.6 is 34.0 Å². The van der Waals surface area contributed by atoms with Gasteiger partial charge in [-0.15, -0.1) is 0 Å². The number of aryl methyl sites for hydroxylation is 3. The van der Waals surface area contributed by atoms with Crippen molar-refractivity contribution >= 4 is 125 Å². The van der Waals surface area contributed by atoms with Gasteiger partial charge in [-0.1, -0.05) is 85.4 Å². The first kappa shape index (κ1) is 86.7. The molecule has 50 heteroatoms. The Balaban J connectivity index is 0.000000149. The highest BCUT2D eigenvalue weighted by Crippen LogP contribution is 2.39. The first-order chi connectivity index (χ1) is 57.6. The van der Waals surface area contributed by atoms with Crippen LogP contribution in [0.2, 0.25) is 0 Å². The Bertz CT molecular complexity index is 7120. The highest BCUT2D eigenvalue weighted by Gasteiger charge is 2.35. The smallest absolute Gasteiger partial charge is 0.365 e. The van der Waals surface area contributed by atoms with E-state index >= 15 is 0 Å². The van der Waals surface area contributed by atoms with Gasteiger partial charge >= 0.3 is 15.4 Å². The largest absolute Gasteiger partial charge is 0.744 e. The molecule has 4 N–H and O–H groups in total. The lowest BCUT2D eigenvalue weighted by Gasteiger charge is -2.17. The molecular weight excluding hydrogens is 1780 g/mol. The number of rotatable bonds is 22. The average Bonchev–Trinajstić information content (AvgIpc) is 1.62. The summed E-state index contributed by atoms with van der Waals surface area (Å²) in [5.74, 6) is 1.36. The van der Waals surface area contributed by atoms with Gasteiger partial charge in [0.1, 0.15) is 102 Å². The molecule has 16 rings (SSSR count). The Morgan fingerprint density at radius 3 is 1.09 bits per heavy atom. The third-order valence-electron chi connectivity index (χ3n) is 18.0. The molecule has 0 saturated heterocycles. The first-order valence-corrected chi connectivity index (χ1v) is 45.9. The molecule has 0 saturated carbocycles. The van der Waals surface area contributed by atoms with Gasteiger partial charge in [-0.3, -0.25) is 0 Å². The number of ether oxygens (including phenoxy) is 4. The standard InChI is InChI=1S/C24H19N5O9S3.C24H21N5O9S3.C24H21N5O8S3/c1-13-2-5-16(22(8-13)41(34,35)36)23-26-28(18-9-15(40(31,32)33)4-3-14(18)12-30)29(27-23)24-25-17-10-19-20(11-21(17)39-24)38-7-6-37-19;1-13-3-6-17(22(7-13)41(35,36)37)23-26-28(19-9-16(40(32,33)34)5-4-14(19)11-30)29(27-23)24-25-18-8-15(12-31)20(38-2)10-21(18)39-24;1-3-37-16-6-9-19-21(11-16)38-24(25-19)29-27-23(18-8-4-14(2)10-22(18)40(34,35)36)26-28(29)20-12-17(39(31,32)33)7-5-15(20)13-30/h2-5,8-11,30H,6-7,12H2,1H3,(H-,31,32,33,34,35,36);3-10,30-31H,11-12H2,1-2H3,(H-,32,33,34,35,36,37);4-12,30H,3,13H2,1-2H3,(H-,31,32,33,34,35,36)/p-3. The van der Waals surface area contributed by atoms with Crippen LogP contribution in [0.4, 0.5) is 0 Å². The minimum absolute atomic E-state index is 0.0360. The van der Waals surface area contributed by atoms with Crippen LogP contribution in [-0.2, 0) is 87.1 Å². The second-order valence-electron chi connectivity index (χ2n) is 26.2. The zero-order valence-electron chi connectivity index (χ0n) is 63.0. The second kappa shape index (κ2) is 33.6. The van der Waals surface area contributed by atoms with Crippen LogP contribution in [0.3, 0.4) is 0 Å². The molecule has 41 nitrogen and oxygen atoms in total. The predicted molar refractivity (Wildman–Crippen MR) is 419 cm³/mol. The average molecular weight is 1840 g/mol. The lowest BCUT2D eigenvalue weighted by molar-refractivity contribution is -0.734. The quantitative estimate of drug-likeness (QED) is 0.0551. The zero-order chi connectivity index (χ0) is 87.6. The van der Waals surface area contributed by atoms with Crippen LogP contribution in [0, 0.1) is 20.8 Å². The van der Waals surface area contributed by atoms with E-state index in [1.807, 2.05) is 6.92 Å². The molecule has 0 aliphatic carbocycles. The van der Waals surface area contributed by atoms with Crippen molar-refractivity contribution in [3.05, 3.63) is 191 Å². The Kier molecular flexibility index (Phi) is 23.9. The number of aliphatic hydroxyl groups excluding tert-OH is 4. The number of fused-ring (bicyclic) bond motifs is 4. The minimum atomic E-state index is -4.97. The van der Waals surface area contributed by atoms with Gasteiger partial charge in [0.05, 0.1) is 100 Å². The maximum atomic E-state index is 12.1. The van der Waals surface area contributed by atoms with E-state index in [4.69, 9.17) is 18.9 Å². The topological polar surface area (TPSA) is 603 Å². The van der Waals surface area contributed by atoms with Crippen molar-refractivity contribution < 1.29 is 132 Å². The molecule has 122 heavy (non-hydrogen) atoms. The number of thiazole rings is 3. The van der Waals surface area contributed by atoms with Gasteiger partial charge in [0.25, 0.3) is 17.5 Å². The van der Waals surface area contributed by atoms with E-state index in [1.165, 1.54) is 73.0 Å². The van der Waals surface area contributed by atoms with E-state index in [0.717, 1.165) is 87.9 Å². The van der Waals surface area contributed by atoms with E-state index in [1.54, 1.807) is 81.4 Å². The van der Waals surface area contributed by atoms with Crippen molar-refractivity contribution in [2.75, 3.05) is 26.9 Å². The molecule has 0 spiro atoms. The second-order valence-corrected chi connectivity index (χ2v) is 37.4. The molecule has 9 aromatic carbocycles. The Morgan fingerprint density at radius 1 is 0.402 bits per heavy atom. The van der Waals surface area contributed by atoms with Crippen molar-refractivity contribution in [2.45, 2.75) is 83.5 Å². The van der Waals surface area contributed by atoms with Crippen molar-refractivity contribution in [3.8, 4) is 89.6 Å². The summed E-state index contributed by atoms with van der Waals surface area (Å²) >= 11 is 3.41. The summed E-state index contributed by atoms with van der Waals surface area (Å²) in [7, 11) is -28.1. The Hall–Kier alpha value is -11.6. The molecule has 6 aromatic heterocycles. The van der Waals surface area contributed by atoms with E-state index in [9.17, 15) is 98.2 Å². The maximum absolute atomic E-state index is 12.1. The minimum Gasteiger partial charge on any atom is -0.744 e. The zero-order valence-corrected chi connectivity index (χ0v) is 70.4. The van der Waals surface area contributed by atoms with Crippen LogP contribution in [0.5, 0.6) is 23.0 Å². The molecule has 0 bridgehead atoms.